The van der Waals surface area contributed by atoms with E-state index in [0.29, 0.717) is 14.8 Å². The molecule has 27 heavy (non-hydrogen) atoms. The van der Waals surface area contributed by atoms with Crippen LogP contribution >= 0.6 is 45.2 Å². The molecular formula is C19H14I2N2O3S. The number of sulfone groups is 1. The summed E-state index contributed by atoms with van der Waals surface area (Å²) in [5.74, 6) is -0.298. The molecule has 0 saturated carbocycles. The van der Waals surface area contributed by atoms with Crippen LogP contribution in [0.4, 0.5) is 5.69 Å². The van der Waals surface area contributed by atoms with Gasteiger partial charge in [0.1, 0.15) is 0 Å². The van der Waals surface area contributed by atoms with Crippen molar-refractivity contribution in [2.24, 2.45) is 0 Å². The monoisotopic (exact) mass is 604 g/mol. The minimum absolute atomic E-state index is 0.190. The highest BCUT2D eigenvalue weighted by Gasteiger charge is 2.15. The third kappa shape index (κ3) is 4.85. The number of pyridine rings is 1. The largest absolute Gasteiger partial charge is 0.322 e. The molecule has 0 spiro atoms. The van der Waals surface area contributed by atoms with Crippen LogP contribution in [-0.4, -0.2) is 25.6 Å². The van der Waals surface area contributed by atoms with Crippen LogP contribution in [-0.2, 0) is 9.84 Å². The summed E-state index contributed by atoms with van der Waals surface area (Å²) in [7, 11) is -3.31. The topological polar surface area (TPSA) is 76.1 Å². The van der Waals surface area contributed by atoms with E-state index in [2.05, 4.69) is 32.9 Å². The SMILES string of the molecule is CS(=O)(=O)c1ccc(C(=O)Nc2ccc(I)c(-c3ccccn3)c2)c(I)c1. The number of halogens is 2. The van der Waals surface area contributed by atoms with Crippen molar-refractivity contribution in [2.75, 3.05) is 11.6 Å². The molecule has 3 rings (SSSR count). The predicted molar refractivity (Wildman–Crippen MR) is 123 cm³/mol. The Labute approximate surface area is 184 Å². The molecule has 8 heteroatoms. The van der Waals surface area contributed by atoms with Crippen LogP contribution < -0.4 is 5.32 Å². The highest BCUT2D eigenvalue weighted by atomic mass is 127. The number of hydrogen-bond donors (Lipinski definition) is 1. The molecular weight excluding hydrogens is 590 g/mol. The van der Waals surface area contributed by atoms with Crippen molar-refractivity contribution in [1.29, 1.82) is 0 Å². The lowest BCUT2D eigenvalue weighted by molar-refractivity contribution is 0.102. The molecule has 0 bridgehead atoms. The summed E-state index contributed by atoms with van der Waals surface area (Å²) in [4.78, 5) is 17.2. The number of rotatable bonds is 4. The van der Waals surface area contributed by atoms with Gasteiger partial charge in [0, 0.05) is 30.8 Å². The van der Waals surface area contributed by atoms with Gasteiger partial charge in [-0.1, -0.05) is 6.07 Å². The van der Waals surface area contributed by atoms with Gasteiger partial charge in [-0.05, 0) is 93.7 Å². The Morgan fingerprint density at radius 1 is 1.00 bits per heavy atom. The number of anilines is 1. The summed E-state index contributed by atoms with van der Waals surface area (Å²) < 4.78 is 24.9. The number of amides is 1. The molecule has 0 aliphatic heterocycles. The fourth-order valence-electron chi connectivity index (χ4n) is 2.43. The Morgan fingerprint density at radius 2 is 1.78 bits per heavy atom. The zero-order valence-corrected chi connectivity index (χ0v) is 19.2. The Kier molecular flexibility index (Phi) is 6.16. The van der Waals surface area contributed by atoms with E-state index in [4.69, 9.17) is 0 Å². The maximum absolute atomic E-state index is 12.6. The van der Waals surface area contributed by atoms with Gasteiger partial charge in [0.25, 0.3) is 5.91 Å². The van der Waals surface area contributed by atoms with Crippen LogP contribution in [0.3, 0.4) is 0 Å². The Bertz CT molecular complexity index is 1120. The van der Waals surface area contributed by atoms with Gasteiger partial charge in [0.05, 0.1) is 16.2 Å². The van der Waals surface area contributed by atoms with Gasteiger partial charge in [0.15, 0.2) is 9.84 Å². The predicted octanol–water partition coefficient (Wildman–Crippen LogP) is 4.61. The maximum atomic E-state index is 12.6. The Hall–Kier alpha value is -1.53. The minimum Gasteiger partial charge on any atom is -0.322 e. The molecule has 0 aliphatic carbocycles. The van der Waals surface area contributed by atoms with E-state index in [0.717, 1.165) is 21.1 Å². The van der Waals surface area contributed by atoms with E-state index >= 15 is 0 Å². The van der Waals surface area contributed by atoms with Crippen LogP contribution in [0.25, 0.3) is 11.3 Å². The molecule has 1 aromatic heterocycles. The summed E-state index contributed by atoms with van der Waals surface area (Å²) >= 11 is 4.20. The molecule has 138 valence electrons. The second kappa shape index (κ2) is 8.23. The Morgan fingerprint density at radius 3 is 2.41 bits per heavy atom. The molecule has 0 atom stereocenters. The molecule has 0 radical (unpaired) electrons. The number of hydrogen-bond acceptors (Lipinski definition) is 4. The summed E-state index contributed by atoms with van der Waals surface area (Å²) in [6, 6.07) is 15.8. The zero-order valence-electron chi connectivity index (χ0n) is 14.1. The number of aromatic nitrogens is 1. The first-order valence-electron chi connectivity index (χ1n) is 7.77. The first kappa shape index (κ1) is 20.2. The van der Waals surface area contributed by atoms with Gasteiger partial charge in [-0.25, -0.2) is 8.42 Å². The third-order valence-electron chi connectivity index (χ3n) is 3.78. The maximum Gasteiger partial charge on any atom is 0.256 e. The van der Waals surface area contributed by atoms with E-state index in [1.807, 2.05) is 59.0 Å². The Balaban J connectivity index is 1.89. The molecule has 0 saturated heterocycles. The van der Waals surface area contributed by atoms with E-state index in [-0.39, 0.29) is 10.8 Å². The lowest BCUT2D eigenvalue weighted by Crippen LogP contribution is -2.14. The fourth-order valence-corrected chi connectivity index (χ4v) is 4.66. The normalized spacial score (nSPS) is 11.2. The van der Waals surface area contributed by atoms with Crippen molar-refractivity contribution >= 4 is 66.6 Å². The standard InChI is InChI=1S/C19H14I2N2O3S/c1-27(25,26)13-6-7-14(17(21)11-13)19(24)23-12-5-8-16(20)15(10-12)18-4-2-3-9-22-18/h2-11H,1H3,(H,23,24). The van der Waals surface area contributed by atoms with Crippen LogP contribution in [0.2, 0.25) is 0 Å². The first-order valence-corrected chi connectivity index (χ1v) is 11.8. The van der Waals surface area contributed by atoms with Crippen molar-refractivity contribution in [1.82, 2.24) is 4.98 Å². The average molecular weight is 604 g/mol. The molecule has 1 heterocycles. The first-order chi connectivity index (χ1) is 12.8. The molecule has 2 aromatic carbocycles. The highest BCUT2D eigenvalue weighted by Crippen LogP contribution is 2.27. The van der Waals surface area contributed by atoms with Crippen molar-refractivity contribution in [2.45, 2.75) is 4.90 Å². The van der Waals surface area contributed by atoms with E-state index < -0.39 is 9.84 Å². The summed E-state index contributed by atoms with van der Waals surface area (Å²) in [6.45, 7) is 0. The molecule has 1 N–H and O–H groups in total. The minimum atomic E-state index is -3.31. The van der Waals surface area contributed by atoms with E-state index in [1.54, 1.807) is 6.20 Å². The fraction of sp³-hybridized carbons (Fsp3) is 0.0526. The summed E-state index contributed by atoms with van der Waals surface area (Å²) in [5.41, 5.74) is 2.81. The molecule has 0 fully saturated rings. The van der Waals surface area contributed by atoms with Crippen LogP contribution in [0.15, 0.2) is 65.7 Å². The third-order valence-corrected chi connectivity index (χ3v) is 6.72. The highest BCUT2D eigenvalue weighted by molar-refractivity contribution is 14.1. The average Bonchev–Trinajstić information content (AvgIpc) is 2.63. The molecule has 0 unspecified atom stereocenters. The van der Waals surface area contributed by atoms with Gasteiger partial charge >= 0.3 is 0 Å². The van der Waals surface area contributed by atoms with Crippen molar-refractivity contribution in [3.8, 4) is 11.3 Å². The van der Waals surface area contributed by atoms with Crippen molar-refractivity contribution in [3.63, 3.8) is 0 Å². The number of benzene rings is 2. The molecule has 0 aliphatic rings. The van der Waals surface area contributed by atoms with Crippen LogP contribution in [0.1, 0.15) is 10.4 Å². The van der Waals surface area contributed by atoms with Gasteiger partial charge in [-0.15, -0.1) is 0 Å². The van der Waals surface area contributed by atoms with Gasteiger partial charge in [0.2, 0.25) is 0 Å². The van der Waals surface area contributed by atoms with Gasteiger partial charge < -0.3 is 5.32 Å². The number of nitrogens with zero attached hydrogens (tertiary/aromatic N) is 1. The van der Waals surface area contributed by atoms with Gasteiger partial charge in [-0.2, -0.15) is 0 Å². The van der Waals surface area contributed by atoms with Crippen molar-refractivity contribution < 1.29 is 13.2 Å². The summed E-state index contributed by atoms with van der Waals surface area (Å²) in [5, 5.41) is 2.87. The van der Waals surface area contributed by atoms with Crippen molar-refractivity contribution in [3.05, 3.63) is 73.5 Å². The number of nitrogens with one attached hydrogen (secondary N) is 1. The lowest BCUT2D eigenvalue weighted by atomic mass is 10.1. The van der Waals surface area contributed by atoms with Crippen LogP contribution in [0.5, 0.6) is 0 Å². The number of carbonyl (C=O) groups is 1. The molecule has 3 aromatic rings. The second-order valence-corrected chi connectivity index (χ2v) is 10.1. The molecule has 5 nitrogen and oxygen atoms in total. The van der Waals surface area contributed by atoms with Gasteiger partial charge in [-0.3, -0.25) is 9.78 Å². The summed E-state index contributed by atoms with van der Waals surface area (Å²) in [6.07, 6.45) is 2.87. The van der Waals surface area contributed by atoms with E-state index in [9.17, 15) is 13.2 Å². The lowest BCUT2D eigenvalue weighted by Gasteiger charge is -2.11. The molecule has 1 amide bonds. The quantitative estimate of drug-likeness (QED) is 0.442. The zero-order chi connectivity index (χ0) is 19.6. The number of carbonyl (C=O) groups excluding carboxylic acids is 1. The van der Waals surface area contributed by atoms with Crippen LogP contribution in [0, 0.1) is 7.14 Å². The second-order valence-electron chi connectivity index (χ2n) is 5.78. The van der Waals surface area contributed by atoms with E-state index in [1.165, 1.54) is 18.2 Å². The smallest absolute Gasteiger partial charge is 0.256 e.